The van der Waals surface area contributed by atoms with Crippen molar-refractivity contribution in [3.05, 3.63) is 82.5 Å². The second kappa shape index (κ2) is 9.05. The monoisotopic (exact) mass is 442 g/mol. The molecule has 5 rings (SSSR count). The predicted molar refractivity (Wildman–Crippen MR) is 130 cm³/mol. The molecule has 7 heteroatoms. The number of benzene rings is 2. The van der Waals surface area contributed by atoms with Gasteiger partial charge in [0.05, 0.1) is 23.8 Å². The van der Waals surface area contributed by atoms with E-state index in [1.165, 1.54) is 12.0 Å². The van der Waals surface area contributed by atoms with Gasteiger partial charge in [-0.15, -0.1) is 0 Å². The molecule has 0 saturated carbocycles. The number of nitrogens with zero attached hydrogens (tertiary/aromatic N) is 2. The number of pyridine rings is 1. The molecular formula is C26H26N4O3. The molecule has 1 unspecified atom stereocenters. The number of aromatic nitrogens is 1. The average Bonchev–Trinajstić information content (AvgIpc) is 3.52. The number of rotatable bonds is 6. The number of likely N-dealkylation sites (N-methyl/N-ethyl adjacent to an activating group) is 1. The van der Waals surface area contributed by atoms with Crippen LogP contribution in [0, 0.1) is 0 Å². The van der Waals surface area contributed by atoms with Crippen molar-refractivity contribution in [1.82, 2.24) is 15.2 Å². The summed E-state index contributed by atoms with van der Waals surface area (Å²) in [6.45, 7) is 3.09. The van der Waals surface area contributed by atoms with Gasteiger partial charge >= 0.3 is 0 Å². The highest BCUT2D eigenvalue weighted by molar-refractivity contribution is 6.03. The number of furan rings is 1. The van der Waals surface area contributed by atoms with Gasteiger partial charge in [0.1, 0.15) is 0 Å². The third-order valence-electron chi connectivity index (χ3n) is 6.26. The van der Waals surface area contributed by atoms with Gasteiger partial charge in [0.25, 0.3) is 5.56 Å². The Kier molecular flexibility index (Phi) is 5.81. The van der Waals surface area contributed by atoms with Crippen molar-refractivity contribution in [2.45, 2.75) is 19.0 Å². The van der Waals surface area contributed by atoms with Crippen LogP contribution in [-0.4, -0.2) is 47.4 Å². The molecule has 33 heavy (non-hydrogen) atoms. The lowest BCUT2D eigenvalue weighted by atomic mass is 10.0. The molecule has 0 spiro atoms. The van der Waals surface area contributed by atoms with E-state index in [4.69, 9.17) is 4.42 Å². The van der Waals surface area contributed by atoms with E-state index in [0.717, 1.165) is 36.4 Å². The molecule has 3 heterocycles. The third kappa shape index (κ3) is 4.46. The van der Waals surface area contributed by atoms with Crippen LogP contribution < -0.4 is 10.9 Å². The maximum absolute atomic E-state index is 12.4. The van der Waals surface area contributed by atoms with Crippen LogP contribution in [0.1, 0.15) is 17.5 Å². The number of likely N-dealkylation sites (tertiary alicyclic amines) is 1. The van der Waals surface area contributed by atoms with Crippen LogP contribution >= 0.6 is 0 Å². The fraction of sp³-hybridized carbons (Fsp3) is 0.231. The lowest BCUT2D eigenvalue weighted by Gasteiger charge is -2.15. The first-order chi connectivity index (χ1) is 16.1. The van der Waals surface area contributed by atoms with Crippen LogP contribution in [0.2, 0.25) is 0 Å². The molecule has 1 aliphatic rings. The number of aromatic amines is 1. The number of H-pyrrole nitrogens is 1. The standard InChI is InChI=1S/C26H26N4O3/c1-27-21-8-10-30(15-21)14-17-2-5-20(6-3-17)28-13-24-23-12-18(19-9-11-33-16-19)4-7-22(23)25(31)29-26(24)32/h2-7,9,11-13,16,21,27H,8,10,14-15H2,1H3,(H2,29,31,32). The van der Waals surface area contributed by atoms with Gasteiger partial charge in [0, 0.05) is 48.2 Å². The van der Waals surface area contributed by atoms with Crippen LogP contribution in [0.25, 0.3) is 21.9 Å². The molecule has 1 saturated heterocycles. The molecule has 1 atom stereocenters. The van der Waals surface area contributed by atoms with E-state index in [1.807, 2.05) is 37.4 Å². The summed E-state index contributed by atoms with van der Waals surface area (Å²) in [5, 5.41) is 14.9. The summed E-state index contributed by atoms with van der Waals surface area (Å²) < 4.78 is 5.18. The second-order valence-electron chi connectivity index (χ2n) is 8.42. The molecule has 0 amide bonds. The summed E-state index contributed by atoms with van der Waals surface area (Å²) in [6, 6.07) is 16.0. The van der Waals surface area contributed by atoms with Gasteiger partial charge in [-0.3, -0.25) is 19.7 Å². The first kappa shape index (κ1) is 21.2. The van der Waals surface area contributed by atoms with Gasteiger partial charge < -0.3 is 14.8 Å². The molecule has 1 fully saturated rings. The zero-order chi connectivity index (χ0) is 22.8. The van der Waals surface area contributed by atoms with Crippen molar-refractivity contribution in [1.29, 1.82) is 0 Å². The molecule has 7 nitrogen and oxygen atoms in total. The molecule has 0 aliphatic carbocycles. The Balaban J connectivity index is 1.41. The molecule has 3 N–H and O–H groups in total. The summed E-state index contributed by atoms with van der Waals surface area (Å²) in [5.41, 5.74) is 3.93. The minimum absolute atomic E-state index is 0.203. The molecule has 2 aromatic heterocycles. The highest BCUT2D eigenvalue weighted by atomic mass is 16.3. The summed E-state index contributed by atoms with van der Waals surface area (Å²) in [7, 11) is 2.02. The van der Waals surface area contributed by atoms with E-state index in [0.29, 0.717) is 22.4 Å². The third-order valence-corrected chi connectivity index (χ3v) is 6.26. The second-order valence-corrected chi connectivity index (χ2v) is 8.42. The lowest BCUT2D eigenvalue weighted by molar-refractivity contribution is 0.322. The molecule has 4 aromatic rings. The predicted octanol–water partition coefficient (Wildman–Crippen LogP) is 4.04. The summed E-state index contributed by atoms with van der Waals surface area (Å²) in [5.74, 6) is -0.203. The van der Waals surface area contributed by atoms with Crippen LogP contribution in [-0.2, 0) is 6.54 Å². The number of aliphatic imine (C=N–C) groups is 1. The van der Waals surface area contributed by atoms with Crippen molar-refractivity contribution < 1.29 is 9.52 Å². The van der Waals surface area contributed by atoms with Crippen LogP contribution in [0.4, 0.5) is 5.69 Å². The smallest absolute Gasteiger partial charge is 0.258 e. The molecule has 0 bridgehead atoms. The fourth-order valence-corrected chi connectivity index (χ4v) is 4.37. The molecular weight excluding hydrogens is 416 g/mol. The molecule has 1 aliphatic heterocycles. The number of fused-ring (bicyclic) bond motifs is 1. The highest BCUT2D eigenvalue weighted by Gasteiger charge is 2.20. The Bertz CT molecular complexity index is 1340. The number of nitrogens with one attached hydrogen (secondary N) is 2. The summed E-state index contributed by atoms with van der Waals surface area (Å²) in [4.78, 5) is 21.9. The van der Waals surface area contributed by atoms with E-state index >= 15 is 0 Å². The number of hydrogen-bond donors (Lipinski definition) is 3. The normalized spacial score (nSPS) is 16.8. The first-order valence-electron chi connectivity index (χ1n) is 11.0. The van der Waals surface area contributed by atoms with Crippen molar-refractivity contribution >= 4 is 22.7 Å². The van der Waals surface area contributed by atoms with Gasteiger partial charge in [-0.25, -0.2) is 0 Å². The maximum atomic E-state index is 12.4. The fourth-order valence-electron chi connectivity index (χ4n) is 4.37. The topological polar surface area (TPSA) is 93.9 Å². The van der Waals surface area contributed by atoms with Gasteiger partial charge in [-0.05, 0) is 54.9 Å². The minimum atomic E-state index is -0.342. The van der Waals surface area contributed by atoms with E-state index in [1.54, 1.807) is 24.8 Å². The van der Waals surface area contributed by atoms with E-state index in [-0.39, 0.29) is 11.4 Å². The van der Waals surface area contributed by atoms with Crippen molar-refractivity contribution in [3.63, 3.8) is 0 Å². The van der Waals surface area contributed by atoms with Gasteiger partial charge in [0.2, 0.25) is 5.88 Å². The van der Waals surface area contributed by atoms with Crippen LogP contribution in [0.3, 0.4) is 0 Å². The van der Waals surface area contributed by atoms with Gasteiger partial charge in [-0.2, -0.15) is 0 Å². The molecule has 0 radical (unpaired) electrons. The Morgan fingerprint density at radius 3 is 2.76 bits per heavy atom. The SMILES string of the molecule is CNC1CCN(Cc2ccc(N=Cc3c(O)[nH]c(=O)c4ccc(-c5ccoc5)cc34)cc2)C1. The van der Waals surface area contributed by atoms with Gasteiger partial charge in [0.15, 0.2) is 0 Å². The Morgan fingerprint density at radius 1 is 1.18 bits per heavy atom. The quantitative estimate of drug-likeness (QED) is 0.392. The summed E-state index contributed by atoms with van der Waals surface area (Å²) >= 11 is 0. The zero-order valence-corrected chi connectivity index (χ0v) is 18.4. The zero-order valence-electron chi connectivity index (χ0n) is 18.4. The van der Waals surface area contributed by atoms with Crippen LogP contribution in [0.15, 0.2) is 75.3 Å². The van der Waals surface area contributed by atoms with Crippen molar-refractivity contribution in [3.8, 4) is 17.0 Å². The largest absolute Gasteiger partial charge is 0.494 e. The Morgan fingerprint density at radius 2 is 2.03 bits per heavy atom. The molecule has 2 aromatic carbocycles. The van der Waals surface area contributed by atoms with Crippen molar-refractivity contribution in [2.24, 2.45) is 4.99 Å². The minimum Gasteiger partial charge on any atom is -0.494 e. The maximum Gasteiger partial charge on any atom is 0.258 e. The van der Waals surface area contributed by atoms with Crippen molar-refractivity contribution in [2.75, 3.05) is 20.1 Å². The van der Waals surface area contributed by atoms with E-state index < -0.39 is 0 Å². The summed E-state index contributed by atoms with van der Waals surface area (Å²) in [6.07, 6.45) is 6.02. The number of aromatic hydroxyl groups is 1. The van der Waals surface area contributed by atoms with E-state index in [2.05, 4.69) is 32.3 Å². The average molecular weight is 443 g/mol. The van der Waals surface area contributed by atoms with Gasteiger partial charge in [-0.1, -0.05) is 18.2 Å². The van der Waals surface area contributed by atoms with Crippen LogP contribution in [0.5, 0.6) is 5.88 Å². The number of hydrogen-bond acceptors (Lipinski definition) is 6. The Hall–Kier alpha value is -3.68. The first-order valence-corrected chi connectivity index (χ1v) is 11.0. The Labute approximate surface area is 191 Å². The lowest BCUT2D eigenvalue weighted by Crippen LogP contribution is -2.29. The highest BCUT2D eigenvalue weighted by Crippen LogP contribution is 2.28. The van der Waals surface area contributed by atoms with E-state index in [9.17, 15) is 9.90 Å². The molecule has 168 valence electrons.